The van der Waals surface area contributed by atoms with Gasteiger partial charge in [-0.1, -0.05) is 36.9 Å². The lowest BCUT2D eigenvalue weighted by molar-refractivity contribution is 0.102. The number of rotatable bonds is 10. The maximum Gasteiger partial charge on any atom is 0.211 e. The highest BCUT2D eigenvalue weighted by Crippen LogP contribution is 2.28. The van der Waals surface area contributed by atoms with Crippen LogP contribution >= 0.6 is 23.1 Å². The van der Waals surface area contributed by atoms with Crippen LogP contribution in [0.15, 0.2) is 41.6 Å². The van der Waals surface area contributed by atoms with E-state index >= 15 is 0 Å². The van der Waals surface area contributed by atoms with Crippen molar-refractivity contribution in [1.82, 2.24) is 24.5 Å². The molecule has 32 heavy (non-hydrogen) atoms. The van der Waals surface area contributed by atoms with Crippen molar-refractivity contribution in [2.45, 2.75) is 31.5 Å². The van der Waals surface area contributed by atoms with E-state index in [1.54, 1.807) is 6.07 Å². The van der Waals surface area contributed by atoms with E-state index in [1.165, 1.54) is 23.1 Å². The zero-order valence-corrected chi connectivity index (χ0v) is 20.2. The number of aryl methyl sites for hydroxylation is 1. The first-order chi connectivity index (χ1) is 15.4. The Morgan fingerprint density at radius 3 is 2.78 bits per heavy atom. The summed E-state index contributed by atoms with van der Waals surface area (Å²) in [7, 11) is -3.21. The number of thioether (sulfide) groups is 1. The molecule has 4 rings (SSSR count). The second-order valence-corrected chi connectivity index (χ2v) is 11.3. The molecule has 0 unspecified atom stereocenters. The Morgan fingerprint density at radius 1 is 1.19 bits per heavy atom. The number of carbonyl (C=O) groups excluding carboxylic acids is 1. The van der Waals surface area contributed by atoms with Gasteiger partial charge in [0.1, 0.15) is 5.52 Å². The van der Waals surface area contributed by atoms with Gasteiger partial charge in [-0.3, -0.25) is 4.79 Å². The summed E-state index contributed by atoms with van der Waals surface area (Å²) in [5.74, 6) is 0.197. The summed E-state index contributed by atoms with van der Waals surface area (Å²) in [5, 5.41) is 10.1. The van der Waals surface area contributed by atoms with Gasteiger partial charge in [0.15, 0.2) is 11.4 Å². The van der Waals surface area contributed by atoms with Crippen LogP contribution in [0, 0.1) is 0 Å². The van der Waals surface area contributed by atoms with Gasteiger partial charge < -0.3 is 4.57 Å². The molecule has 0 bridgehead atoms. The van der Waals surface area contributed by atoms with E-state index in [4.69, 9.17) is 4.98 Å². The van der Waals surface area contributed by atoms with Crippen molar-refractivity contribution < 1.29 is 13.2 Å². The Labute approximate surface area is 194 Å². The van der Waals surface area contributed by atoms with Gasteiger partial charge >= 0.3 is 0 Å². The fourth-order valence-electron chi connectivity index (χ4n) is 3.42. The predicted molar refractivity (Wildman–Crippen MR) is 129 cm³/mol. The molecule has 0 saturated heterocycles. The Hall–Kier alpha value is -2.34. The highest BCUT2D eigenvalue weighted by atomic mass is 32.2. The van der Waals surface area contributed by atoms with Gasteiger partial charge in [-0.05, 0) is 31.0 Å². The molecule has 11 heteroatoms. The molecule has 0 saturated carbocycles. The molecule has 0 atom stereocenters. The first-order valence-electron chi connectivity index (χ1n) is 10.2. The fraction of sp³-hybridized carbons (Fsp3) is 0.333. The van der Waals surface area contributed by atoms with E-state index in [1.807, 2.05) is 24.3 Å². The smallest absolute Gasteiger partial charge is 0.211 e. The number of nitrogens with one attached hydrogen (secondary N) is 1. The van der Waals surface area contributed by atoms with Crippen LogP contribution in [-0.4, -0.2) is 52.5 Å². The average Bonchev–Trinajstić information content (AvgIpc) is 3.35. The monoisotopic (exact) mass is 489 g/mol. The van der Waals surface area contributed by atoms with E-state index in [9.17, 15) is 13.2 Å². The summed E-state index contributed by atoms with van der Waals surface area (Å²) in [6.45, 7) is 3.26. The highest BCUT2D eigenvalue weighted by molar-refractivity contribution is 7.99. The number of hydrogen-bond acceptors (Lipinski definition) is 8. The highest BCUT2D eigenvalue weighted by Gasteiger charge is 2.16. The maximum absolute atomic E-state index is 12.6. The van der Waals surface area contributed by atoms with Crippen LogP contribution in [0.3, 0.4) is 0 Å². The molecule has 4 aromatic rings. The van der Waals surface area contributed by atoms with Crippen LogP contribution < -0.4 is 4.72 Å². The van der Waals surface area contributed by atoms with E-state index < -0.39 is 10.0 Å². The number of nitrogens with zero attached hydrogens (tertiary/aromatic N) is 4. The first kappa shape index (κ1) is 22.8. The lowest BCUT2D eigenvalue weighted by atomic mass is 10.2. The van der Waals surface area contributed by atoms with Crippen LogP contribution in [0.25, 0.3) is 22.1 Å². The molecule has 1 aromatic carbocycles. The molecular weight excluding hydrogens is 466 g/mol. The van der Waals surface area contributed by atoms with Crippen molar-refractivity contribution in [3.8, 4) is 0 Å². The standard InChI is InChI=1S/C21H23N5O3S3/c1-3-12-26-16-7-5-4-6-15(16)19-20(26)23-21(25-24-19)30-13-17(27)18-9-8-14(31-18)10-11-22-32(2,28)29/h4-9,22H,3,10-13H2,1-2H3. The third-order valence-electron chi connectivity index (χ3n) is 4.81. The number of fused-ring (bicyclic) bond motifs is 3. The third-order valence-corrected chi connectivity index (χ3v) is 7.56. The Bertz CT molecular complexity index is 1380. The van der Waals surface area contributed by atoms with Crippen LogP contribution in [0.1, 0.15) is 27.9 Å². The van der Waals surface area contributed by atoms with Crippen LogP contribution in [0.2, 0.25) is 0 Å². The third kappa shape index (κ3) is 5.17. The van der Waals surface area contributed by atoms with Crippen molar-refractivity contribution in [3.05, 3.63) is 46.2 Å². The Balaban J connectivity index is 1.46. The first-order valence-corrected chi connectivity index (χ1v) is 13.9. The normalized spacial score (nSPS) is 12.1. The van der Waals surface area contributed by atoms with Crippen molar-refractivity contribution in [2.75, 3.05) is 18.6 Å². The Morgan fingerprint density at radius 2 is 2.00 bits per heavy atom. The summed E-state index contributed by atoms with van der Waals surface area (Å²) in [4.78, 5) is 18.9. The van der Waals surface area contributed by atoms with E-state index in [0.29, 0.717) is 23.0 Å². The predicted octanol–water partition coefficient (Wildman–Crippen LogP) is 3.52. The number of hydrogen-bond donors (Lipinski definition) is 1. The van der Waals surface area contributed by atoms with Crippen LogP contribution in [0.5, 0.6) is 0 Å². The van der Waals surface area contributed by atoms with E-state index in [0.717, 1.165) is 46.2 Å². The molecule has 8 nitrogen and oxygen atoms in total. The van der Waals surface area contributed by atoms with E-state index in [-0.39, 0.29) is 11.5 Å². The average molecular weight is 490 g/mol. The van der Waals surface area contributed by atoms with Crippen molar-refractivity contribution in [2.24, 2.45) is 0 Å². The molecular formula is C21H23N5O3S3. The maximum atomic E-state index is 12.6. The number of ketones is 1. The molecule has 168 valence electrons. The minimum atomic E-state index is -3.21. The van der Waals surface area contributed by atoms with E-state index in [2.05, 4.69) is 32.5 Å². The van der Waals surface area contributed by atoms with Crippen molar-refractivity contribution in [3.63, 3.8) is 0 Å². The summed E-state index contributed by atoms with van der Waals surface area (Å²) in [5.41, 5.74) is 2.64. The van der Waals surface area contributed by atoms with Crippen LogP contribution in [0.4, 0.5) is 0 Å². The zero-order valence-electron chi connectivity index (χ0n) is 17.7. The minimum absolute atomic E-state index is 0.0138. The molecule has 0 aliphatic heterocycles. The molecule has 0 radical (unpaired) electrons. The summed E-state index contributed by atoms with van der Waals surface area (Å²) in [6, 6.07) is 11.7. The summed E-state index contributed by atoms with van der Waals surface area (Å²) < 4.78 is 26.9. The second kappa shape index (κ2) is 9.65. The number of para-hydroxylation sites is 1. The minimum Gasteiger partial charge on any atom is -0.324 e. The van der Waals surface area contributed by atoms with Gasteiger partial charge in [-0.2, -0.15) is 0 Å². The topological polar surface area (TPSA) is 107 Å². The second-order valence-electron chi connectivity index (χ2n) is 7.33. The van der Waals surface area contributed by atoms with Gasteiger partial charge in [0.05, 0.1) is 22.4 Å². The van der Waals surface area contributed by atoms with Gasteiger partial charge in [0, 0.05) is 23.4 Å². The van der Waals surface area contributed by atoms with Gasteiger partial charge in [-0.15, -0.1) is 21.5 Å². The number of sulfonamides is 1. The molecule has 0 fully saturated rings. The number of benzene rings is 1. The lowest BCUT2D eigenvalue weighted by Crippen LogP contribution is -2.23. The SMILES string of the molecule is CCCn1c2ccccc2c2nnc(SCC(=O)c3ccc(CCNS(C)(=O)=O)s3)nc21. The number of carbonyl (C=O) groups is 1. The summed E-state index contributed by atoms with van der Waals surface area (Å²) in [6.07, 6.45) is 2.65. The molecule has 3 heterocycles. The number of aromatic nitrogens is 4. The molecule has 1 N–H and O–H groups in total. The number of thiophene rings is 1. The number of Topliss-reactive ketones (excluding diaryl/α,β-unsaturated/α-hetero) is 1. The molecule has 3 aromatic heterocycles. The zero-order chi connectivity index (χ0) is 22.7. The molecule has 0 spiro atoms. The van der Waals surface area contributed by atoms with Gasteiger partial charge in [0.25, 0.3) is 0 Å². The molecule has 0 aliphatic carbocycles. The van der Waals surface area contributed by atoms with Gasteiger partial charge in [-0.25, -0.2) is 18.1 Å². The summed E-state index contributed by atoms with van der Waals surface area (Å²) >= 11 is 2.66. The Kier molecular flexibility index (Phi) is 6.89. The largest absolute Gasteiger partial charge is 0.324 e. The lowest BCUT2D eigenvalue weighted by Gasteiger charge is -2.04. The van der Waals surface area contributed by atoms with Crippen LogP contribution in [-0.2, 0) is 23.0 Å². The van der Waals surface area contributed by atoms with Gasteiger partial charge in [0.2, 0.25) is 15.2 Å². The van der Waals surface area contributed by atoms with Crippen molar-refractivity contribution in [1.29, 1.82) is 0 Å². The fourth-order valence-corrected chi connectivity index (χ4v) is 5.60. The molecule has 0 aliphatic rings. The van der Waals surface area contributed by atoms with Crippen molar-refractivity contribution >= 4 is 61.0 Å². The molecule has 0 amide bonds. The quantitative estimate of drug-likeness (QED) is 0.268.